The van der Waals surface area contributed by atoms with Crippen LogP contribution in [0.3, 0.4) is 0 Å². The van der Waals surface area contributed by atoms with Crippen LogP contribution in [0, 0.1) is 0 Å². The molecule has 0 unspecified atom stereocenters. The molecule has 98 valence electrons. The summed E-state index contributed by atoms with van der Waals surface area (Å²) in [5.41, 5.74) is 2.21. The second-order valence-electron chi connectivity index (χ2n) is 4.54. The van der Waals surface area contributed by atoms with Crippen molar-refractivity contribution in [2.24, 2.45) is 0 Å². The largest absolute Gasteiger partial charge is 0.347 e. The number of aromatic nitrogens is 3. The van der Waals surface area contributed by atoms with Crippen LogP contribution in [0.5, 0.6) is 0 Å². The van der Waals surface area contributed by atoms with Crippen LogP contribution in [-0.4, -0.2) is 21.1 Å². The molecule has 0 aliphatic heterocycles. The van der Waals surface area contributed by atoms with E-state index in [4.69, 9.17) is 0 Å². The van der Waals surface area contributed by atoms with Gasteiger partial charge in [-0.2, -0.15) is 5.10 Å². The molecule has 0 fully saturated rings. The number of pyridine rings is 1. The lowest BCUT2D eigenvalue weighted by molar-refractivity contribution is 0.0944. The molecule has 0 aromatic carbocycles. The lowest BCUT2D eigenvalue weighted by Gasteiger charge is -2.06. The van der Waals surface area contributed by atoms with Crippen LogP contribution in [0.15, 0.2) is 36.7 Å². The Labute approximate surface area is 112 Å². The van der Waals surface area contributed by atoms with Gasteiger partial charge in [0.1, 0.15) is 0 Å². The fourth-order valence-corrected chi connectivity index (χ4v) is 1.55. The van der Waals surface area contributed by atoms with Gasteiger partial charge in [0, 0.05) is 18.9 Å². The first-order chi connectivity index (χ1) is 9.16. The summed E-state index contributed by atoms with van der Waals surface area (Å²) in [6.07, 6.45) is 3.39. The summed E-state index contributed by atoms with van der Waals surface area (Å²) in [5.74, 6) is 0.0843. The van der Waals surface area contributed by atoms with Crippen LogP contribution in [0.1, 0.15) is 41.5 Å². The molecule has 0 aliphatic carbocycles. The number of nitrogens with one attached hydrogen (secondary N) is 1. The fraction of sp³-hybridized carbons (Fsp3) is 0.286. The topological polar surface area (TPSA) is 67.8 Å². The molecule has 19 heavy (non-hydrogen) atoms. The van der Waals surface area contributed by atoms with E-state index in [9.17, 15) is 4.79 Å². The maximum Gasteiger partial charge on any atom is 0.272 e. The van der Waals surface area contributed by atoms with E-state index < -0.39 is 0 Å². The highest BCUT2D eigenvalue weighted by atomic mass is 16.1. The van der Waals surface area contributed by atoms with Crippen LogP contribution in [0.4, 0.5) is 0 Å². The summed E-state index contributed by atoms with van der Waals surface area (Å²) in [5, 5.41) is 10.8. The summed E-state index contributed by atoms with van der Waals surface area (Å²) in [6.45, 7) is 4.52. The van der Waals surface area contributed by atoms with Crippen molar-refractivity contribution in [3.05, 3.63) is 53.6 Å². The summed E-state index contributed by atoms with van der Waals surface area (Å²) in [4.78, 5) is 15.8. The monoisotopic (exact) mass is 256 g/mol. The number of hydrogen-bond donors (Lipinski definition) is 1. The molecule has 5 nitrogen and oxygen atoms in total. The number of hydrogen-bond acceptors (Lipinski definition) is 4. The van der Waals surface area contributed by atoms with Crippen molar-refractivity contribution < 1.29 is 4.79 Å². The first-order valence-corrected chi connectivity index (χ1v) is 6.17. The number of carbonyl (C=O) groups excluding carboxylic acids is 1. The Morgan fingerprint density at radius 3 is 2.47 bits per heavy atom. The Hall–Kier alpha value is -2.30. The van der Waals surface area contributed by atoms with Crippen molar-refractivity contribution in [1.82, 2.24) is 20.5 Å². The molecule has 0 spiro atoms. The van der Waals surface area contributed by atoms with Gasteiger partial charge in [0.05, 0.1) is 5.69 Å². The maximum atomic E-state index is 11.9. The van der Waals surface area contributed by atoms with Gasteiger partial charge in [-0.15, -0.1) is 5.10 Å². The molecule has 0 saturated carbocycles. The molecular formula is C14H16N4O. The minimum absolute atomic E-state index is 0.223. The summed E-state index contributed by atoms with van der Waals surface area (Å²) in [7, 11) is 0. The van der Waals surface area contributed by atoms with Gasteiger partial charge in [-0.3, -0.25) is 9.78 Å². The van der Waals surface area contributed by atoms with Crippen molar-refractivity contribution in [2.45, 2.75) is 26.3 Å². The van der Waals surface area contributed by atoms with Gasteiger partial charge in [0.25, 0.3) is 5.91 Å². The van der Waals surface area contributed by atoms with Gasteiger partial charge in [-0.05, 0) is 35.7 Å². The van der Waals surface area contributed by atoms with Crippen LogP contribution >= 0.6 is 0 Å². The van der Waals surface area contributed by atoms with Crippen molar-refractivity contribution >= 4 is 5.91 Å². The molecule has 1 amide bonds. The third-order valence-corrected chi connectivity index (χ3v) is 2.71. The second-order valence-corrected chi connectivity index (χ2v) is 4.54. The van der Waals surface area contributed by atoms with Gasteiger partial charge < -0.3 is 5.32 Å². The molecular weight excluding hydrogens is 240 g/mol. The number of carbonyl (C=O) groups is 1. The third kappa shape index (κ3) is 3.58. The van der Waals surface area contributed by atoms with Gasteiger partial charge in [0.15, 0.2) is 5.69 Å². The molecule has 0 bridgehead atoms. The van der Waals surface area contributed by atoms with Crippen LogP contribution < -0.4 is 5.32 Å². The summed E-state index contributed by atoms with van der Waals surface area (Å²) >= 11 is 0. The van der Waals surface area contributed by atoms with Crippen LogP contribution in [0.25, 0.3) is 0 Å². The molecule has 2 heterocycles. The van der Waals surface area contributed by atoms with Gasteiger partial charge in [-0.1, -0.05) is 13.8 Å². The first kappa shape index (κ1) is 13.1. The predicted molar refractivity (Wildman–Crippen MR) is 71.5 cm³/mol. The zero-order valence-corrected chi connectivity index (χ0v) is 11.0. The summed E-state index contributed by atoms with van der Waals surface area (Å²) < 4.78 is 0. The Bertz CT molecular complexity index is 537. The van der Waals surface area contributed by atoms with Gasteiger partial charge in [0.2, 0.25) is 0 Å². The lowest BCUT2D eigenvalue weighted by atomic mass is 10.1. The van der Waals surface area contributed by atoms with Gasteiger partial charge >= 0.3 is 0 Å². The van der Waals surface area contributed by atoms with E-state index >= 15 is 0 Å². The Morgan fingerprint density at radius 2 is 1.89 bits per heavy atom. The molecule has 0 saturated heterocycles. The highest BCUT2D eigenvalue weighted by molar-refractivity contribution is 5.91. The molecule has 2 aromatic rings. The maximum absolute atomic E-state index is 11.9. The molecule has 2 rings (SSSR count). The SMILES string of the molecule is CC(C)c1ccc(C(=O)NCc2ccncc2)nn1. The minimum atomic E-state index is -0.223. The van der Waals surface area contributed by atoms with Crippen molar-refractivity contribution in [1.29, 1.82) is 0 Å². The molecule has 1 N–H and O–H groups in total. The van der Waals surface area contributed by atoms with E-state index in [-0.39, 0.29) is 5.91 Å². The van der Waals surface area contributed by atoms with Crippen LogP contribution in [-0.2, 0) is 6.54 Å². The molecule has 2 aromatic heterocycles. The number of nitrogens with zero attached hydrogens (tertiary/aromatic N) is 3. The average molecular weight is 256 g/mol. The van der Waals surface area contributed by atoms with E-state index in [2.05, 4.69) is 20.5 Å². The third-order valence-electron chi connectivity index (χ3n) is 2.71. The van der Waals surface area contributed by atoms with E-state index in [0.29, 0.717) is 18.2 Å². The van der Waals surface area contributed by atoms with E-state index in [1.807, 2.05) is 32.0 Å². The Kier molecular flexibility index (Phi) is 4.18. The Morgan fingerprint density at radius 1 is 1.16 bits per heavy atom. The van der Waals surface area contributed by atoms with Crippen molar-refractivity contribution in [3.8, 4) is 0 Å². The molecule has 5 heteroatoms. The minimum Gasteiger partial charge on any atom is -0.347 e. The Balaban J connectivity index is 1.96. The zero-order chi connectivity index (χ0) is 13.7. The van der Waals surface area contributed by atoms with E-state index in [0.717, 1.165) is 11.3 Å². The lowest BCUT2D eigenvalue weighted by Crippen LogP contribution is -2.24. The van der Waals surface area contributed by atoms with Crippen molar-refractivity contribution in [3.63, 3.8) is 0 Å². The first-order valence-electron chi connectivity index (χ1n) is 6.17. The number of amides is 1. The molecule has 0 atom stereocenters. The highest BCUT2D eigenvalue weighted by Crippen LogP contribution is 2.09. The van der Waals surface area contributed by atoms with E-state index in [1.54, 1.807) is 18.5 Å². The fourth-order valence-electron chi connectivity index (χ4n) is 1.55. The average Bonchev–Trinajstić information content (AvgIpc) is 2.46. The number of rotatable bonds is 4. The standard InChI is InChI=1S/C14H16N4O/c1-10(2)12-3-4-13(18-17-12)14(19)16-9-11-5-7-15-8-6-11/h3-8,10H,9H2,1-2H3,(H,16,19). The summed E-state index contributed by atoms with van der Waals surface area (Å²) in [6, 6.07) is 7.24. The predicted octanol–water partition coefficient (Wildman–Crippen LogP) is 1.93. The smallest absolute Gasteiger partial charge is 0.272 e. The molecule has 0 aliphatic rings. The highest BCUT2D eigenvalue weighted by Gasteiger charge is 2.09. The quantitative estimate of drug-likeness (QED) is 0.907. The van der Waals surface area contributed by atoms with Crippen LogP contribution in [0.2, 0.25) is 0 Å². The zero-order valence-electron chi connectivity index (χ0n) is 11.0. The molecule has 0 radical (unpaired) electrons. The van der Waals surface area contributed by atoms with E-state index in [1.165, 1.54) is 0 Å². The van der Waals surface area contributed by atoms with Crippen molar-refractivity contribution in [2.75, 3.05) is 0 Å². The van der Waals surface area contributed by atoms with Gasteiger partial charge in [-0.25, -0.2) is 0 Å². The second kappa shape index (κ2) is 6.04. The normalized spacial score (nSPS) is 10.5.